The van der Waals surface area contributed by atoms with Gasteiger partial charge < -0.3 is 10.1 Å². The number of nitrogens with one attached hydrogen (secondary N) is 1. The summed E-state index contributed by atoms with van der Waals surface area (Å²) in [7, 11) is -3.48. The average molecular weight is 341 g/mol. The number of pyridine rings is 1. The summed E-state index contributed by atoms with van der Waals surface area (Å²) < 4.78 is 30.9. The van der Waals surface area contributed by atoms with Crippen molar-refractivity contribution in [2.75, 3.05) is 19.3 Å². The predicted molar refractivity (Wildman–Crippen MR) is 86.5 cm³/mol. The van der Waals surface area contributed by atoms with Crippen LogP contribution in [0.1, 0.15) is 20.3 Å². The Morgan fingerprint density at radius 1 is 1.52 bits per heavy atom. The molecule has 0 radical (unpaired) electrons. The summed E-state index contributed by atoms with van der Waals surface area (Å²) in [6.07, 6.45) is 4.26. The van der Waals surface area contributed by atoms with Gasteiger partial charge in [-0.1, -0.05) is 13.8 Å². The largest absolute Gasteiger partial charge is 0.487 e. The first kappa shape index (κ1) is 17.7. The van der Waals surface area contributed by atoms with Crippen molar-refractivity contribution >= 4 is 15.9 Å². The van der Waals surface area contributed by atoms with Crippen LogP contribution in [0.2, 0.25) is 0 Å². The van der Waals surface area contributed by atoms with Crippen LogP contribution in [0.3, 0.4) is 0 Å². The first-order chi connectivity index (χ1) is 10.8. The fraction of sp³-hybridized carbons (Fsp3) is 0.600. The van der Waals surface area contributed by atoms with Crippen LogP contribution in [0.15, 0.2) is 24.5 Å². The van der Waals surface area contributed by atoms with E-state index in [0.717, 1.165) is 6.26 Å². The molecule has 7 nitrogen and oxygen atoms in total. The zero-order chi connectivity index (χ0) is 17.0. The lowest BCUT2D eigenvalue weighted by Gasteiger charge is -2.21. The summed E-state index contributed by atoms with van der Waals surface area (Å²) >= 11 is 0. The molecular weight excluding hydrogens is 318 g/mol. The molecule has 8 heteroatoms. The molecule has 1 fully saturated rings. The van der Waals surface area contributed by atoms with E-state index < -0.39 is 16.1 Å². The molecule has 1 N–H and O–H groups in total. The van der Waals surface area contributed by atoms with Crippen molar-refractivity contribution in [3.63, 3.8) is 0 Å². The van der Waals surface area contributed by atoms with E-state index in [1.807, 2.05) is 13.8 Å². The summed E-state index contributed by atoms with van der Waals surface area (Å²) in [5.41, 5.74) is 0. The Kier molecular flexibility index (Phi) is 5.59. The monoisotopic (exact) mass is 341 g/mol. The second kappa shape index (κ2) is 7.27. The van der Waals surface area contributed by atoms with Crippen molar-refractivity contribution in [1.29, 1.82) is 0 Å². The highest BCUT2D eigenvalue weighted by atomic mass is 32.2. The second-order valence-electron chi connectivity index (χ2n) is 6.15. The molecule has 1 aliphatic heterocycles. The minimum absolute atomic E-state index is 0.160. The lowest BCUT2D eigenvalue weighted by atomic mass is 10.1. The Morgan fingerprint density at radius 2 is 2.26 bits per heavy atom. The fourth-order valence-electron chi connectivity index (χ4n) is 2.49. The van der Waals surface area contributed by atoms with Crippen LogP contribution in [0.25, 0.3) is 0 Å². The highest BCUT2D eigenvalue weighted by Crippen LogP contribution is 2.25. The molecule has 23 heavy (non-hydrogen) atoms. The lowest BCUT2D eigenvalue weighted by Crippen LogP contribution is -2.46. The van der Waals surface area contributed by atoms with Gasteiger partial charge in [-0.05, 0) is 18.1 Å². The maximum atomic E-state index is 12.3. The van der Waals surface area contributed by atoms with Crippen LogP contribution in [-0.4, -0.2) is 55.1 Å². The SMILES string of the molecule is CC(C)CNC(=O)[C@@H]1C[C@H](Oc2cccnc2)CN1S(C)(=O)=O. The first-order valence-electron chi connectivity index (χ1n) is 7.58. The summed E-state index contributed by atoms with van der Waals surface area (Å²) in [4.78, 5) is 16.3. The van der Waals surface area contributed by atoms with Gasteiger partial charge in [-0.15, -0.1) is 0 Å². The molecule has 0 spiro atoms. The van der Waals surface area contributed by atoms with Gasteiger partial charge >= 0.3 is 0 Å². The zero-order valence-corrected chi connectivity index (χ0v) is 14.4. The Bertz CT molecular complexity index is 633. The molecule has 1 aliphatic rings. The van der Waals surface area contributed by atoms with Crippen molar-refractivity contribution in [2.45, 2.75) is 32.4 Å². The van der Waals surface area contributed by atoms with Crippen molar-refractivity contribution < 1.29 is 17.9 Å². The van der Waals surface area contributed by atoms with E-state index >= 15 is 0 Å². The number of carbonyl (C=O) groups is 1. The minimum Gasteiger partial charge on any atom is -0.487 e. The minimum atomic E-state index is -3.48. The van der Waals surface area contributed by atoms with Crippen LogP contribution < -0.4 is 10.1 Å². The standard InChI is InChI=1S/C15H23N3O4S/c1-11(2)8-17-15(19)14-7-13(10-18(14)23(3,20)21)22-12-5-4-6-16-9-12/h4-6,9,11,13-14H,7-8,10H2,1-3H3,(H,17,19)/t13-,14-/m0/s1. The van der Waals surface area contributed by atoms with Gasteiger partial charge in [-0.2, -0.15) is 4.31 Å². The van der Waals surface area contributed by atoms with Crippen molar-refractivity contribution in [1.82, 2.24) is 14.6 Å². The molecule has 0 aliphatic carbocycles. The highest BCUT2D eigenvalue weighted by Gasteiger charge is 2.42. The van der Waals surface area contributed by atoms with Gasteiger partial charge in [-0.3, -0.25) is 9.78 Å². The molecule has 0 saturated carbocycles. The normalized spacial score (nSPS) is 22.3. The Hall–Kier alpha value is -1.67. The van der Waals surface area contributed by atoms with E-state index in [4.69, 9.17) is 4.74 Å². The third-order valence-corrected chi connectivity index (χ3v) is 4.82. The van der Waals surface area contributed by atoms with Crippen LogP contribution >= 0.6 is 0 Å². The summed E-state index contributed by atoms with van der Waals surface area (Å²) in [6.45, 7) is 4.64. The topological polar surface area (TPSA) is 88.6 Å². The summed E-state index contributed by atoms with van der Waals surface area (Å²) in [6, 6.07) is 2.76. The molecule has 1 amide bonds. The maximum Gasteiger partial charge on any atom is 0.238 e. The third kappa shape index (κ3) is 4.90. The van der Waals surface area contributed by atoms with Gasteiger partial charge in [-0.25, -0.2) is 8.42 Å². The number of carbonyl (C=O) groups excluding carboxylic acids is 1. The van der Waals surface area contributed by atoms with Gasteiger partial charge in [0.05, 0.1) is 19.0 Å². The number of ether oxygens (including phenoxy) is 1. The molecule has 2 heterocycles. The number of hydrogen-bond donors (Lipinski definition) is 1. The zero-order valence-electron chi connectivity index (χ0n) is 13.6. The van der Waals surface area contributed by atoms with E-state index in [-0.39, 0.29) is 18.6 Å². The molecule has 2 atom stereocenters. The molecule has 0 aromatic carbocycles. The molecule has 128 valence electrons. The maximum absolute atomic E-state index is 12.3. The van der Waals surface area contributed by atoms with E-state index in [1.54, 1.807) is 24.5 Å². The molecule has 2 rings (SSSR count). The number of hydrogen-bond acceptors (Lipinski definition) is 5. The Morgan fingerprint density at radius 3 is 2.83 bits per heavy atom. The van der Waals surface area contributed by atoms with E-state index in [1.165, 1.54) is 4.31 Å². The molecule has 1 aromatic rings. The van der Waals surface area contributed by atoms with Crippen LogP contribution in [0, 0.1) is 5.92 Å². The molecule has 1 aromatic heterocycles. The smallest absolute Gasteiger partial charge is 0.238 e. The van der Waals surface area contributed by atoms with Crippen LogP contribution in [0.5, 0.6) is 5.75 Å². The number of amides is 1. The number of aromatic nitrogens is 1. The number of nitrogens with zero attached hydrogens (tertiary/aromatic N) is 2. The van der Waals surface area contributed by atoms with Crippen LogP contribution in [-0.2, 0) is 14.8 Å². The fourth-order valence-corrected chi connectivity index (χ4v) is 3.57. The van der Waals surface area contributed by atoms with Gasteiger partial charge in [0.25, 0.3) is 0 Å². The van der Waals surface area contributed by atoms with Gasteiger partial charge in [0.1, 0.15) is 17.9 Å². The molecule has 0 unspecified atom stereocenters. The lowest BCUT2D eigenvalue weighted by molar-refractivity contribution is -0.124. The van der Waals surface area contributed by atoms with Gasteiger partial charge in [0.2, 0.25) is 15.9 Å². The number of sulfonamides is 1. The number of rotatable bonds is 6. The van der Waals surface area contributed by atoms with E-state index in [0.29, 0.717) is 24.6 Å². The molecule has 0 bridgehead atoms. The summed E-state index contributed by atoms with van der Waals surface area (Å²) in [5, 5.41) is 2.80. The first-order valence-corrected chi connectivity index (χ1v) is 9.43. The van der Waals surface area contributed by atoms with Crippen molar-refractivity contribution in [3.8, 4) is 5.75 Å². The quantitative estimate of drug-likeness (QED) is 0.820. The molecular formula is C15H23N3O4S. The average Bonchev–Trinajstić information content (AvgIpc) is 2.90. The van der Waals surface area contributed by atoms with Gasteiger partial charge in [0, 0.05) is 19.2 Å². The van der Waals surface area contributed by atoms with Crippen molar-refractivity contribution in [3.05, 3.63) is 24.5 Å². The van der Waals surface area contributed by atoms with E-state index in [9.17, 15) is 13.2 Å². The Balaban J connectivity index is 2.08. The summed E-state index contributed by atoms with van der Waals surface area (Å²) in [5.74, 6) is 0.588. The van der Waals surface area contributed by atoms with Gasteiger partial charge in [0.15, 0.2) is 0 Å². The second-order valence-corrected chi connectivity index (χ2v) is 8.09. The Labute approximate surface area is 137 Å². The van der Waals surface area contributed by atoms with Crippen LogP contribution in [0.4, 0.5) is 0 Å². The van der Waals surface area contributed by atoms with Crippen molar-refractivity contribution in [2.24, 2.45) is 5.92 Å². The highest BCUT2D eigenvalue weighted by molar-refractivity contribution is 7.88. The predicted octanol–water partition coefficient (Wildman–Crippen LogP) is 0.635. The molecule has 1 saturated heterocycles. The van der Waals surface area contributed by atoms with E-state index in [2.05, 4.69) is 10.3 Å². The third-order valence-electron chi connectivity index (χ3n) is 3.57.